The van der Waals surface area contributed by atoms with Crippen molar-refractivity contribution in [2.45, 2.75) is 13.3 Å². The Kier molecular flexibility index (Phi) is 8.14. The van der Waals surface area contributed by atoms with Gasteiger partial charge in [-0.25, -0.2) is 8.42 Å². The van der Waals surface area contributed by atoms with E-state index in [9.17, 15) is 13.0 Å². The molecular weight excluding hydrogens is 179 g/mol. The predicted octanol–water partition coefficient (Wildman–Crippen LogP) is -2.50. The van der Waals surface area contributed by atoms with Crippen molar-refractivity contribution in [1.82, 2.24) is 0 Å². The minimum atomic E-state index is -4.03. The third-order valence-corrected chi connectivity index (χ3v) is 1.48. The van der Waals surface area contributed by atoms with Crippen molar-refractivity contribution in [2.24, 2.45) is 0 Å². The van der Waals surface area contributed by atoms with Gasteiger partial charge in [-0.15, -0.1) is 6.58 Å². The van der Waals surface area contributed by atoms with E-state index < -0.39 is 10.1 Å². The number of allylic oxidation sites excluding steroid dienone is 1. The molecule has 0 rings (SSSR count). The fraction of sp³-hybridized carbons (Fsp3) is 0.600. The summed E-state index contributed by atoms with van der Waals surface area (Å²) in [5, 5.41) is 0. The van der Waals surface area contributed by atoms with Gasteiger partial charge in [0.05, 0.1) is 10.1 Å². The van der Waals surface area contributed by atoms with Crippen LogP contribution in [0.25, 0.3) is 0 Å². The molecule has 0 atom stereocenters. The molecule has 5 heteroatoms. The van der Waals surface area contributed by atoms with Crippen LogP contribution in [-0.4, -0.2) is 18.7 Å². The van der Waals surface area contributed by atoms with Gasteiger partial charge in [-0.3, -0.25) is 0 Å². The van der Waals surface area contributed by atoms with E-state index in [2.05, 4.69) is 6.58 Å². The second-order valence-electron chi connectivity index (χ2n) is 1.97. The Morgan fingerprint density at radius 2 is 2.00 bits per heavy atom. The molecule has 0 N–H and O–H groups in total. The van der Waals surface area contributed by atoms with Crippen LogP contribution >= 0.6 is 0 Å². The summed E-state index contributed by atoms with van der Waals surface area (Å²) in [6, 6.07) is 0. The van der Waals surface area contributed by atoms with Crippen molar-refractivity contribution < 1.29 is 64.4 Å². The van der Waals surface area contributed by atoms with Gasteiger partial charge >= 0.3 is 51.4 Å². The summed E-state index contributed by atoms with van der Waals surface area (Å²) in [4.78, 5) is 0. The monoisotopic (exact) mass is 188 g/mol. The average molecular weight is 188 g/mol. The van der Waals surface area contributed by atoms with Crippen LogP contribution in [0.1, 0.15) is 13.3 Å². The van der Waals surface area contributed by atoms with Crippen molar-refractivity contribution >= 4 is 10.1 Å². The maximum Gasteiger partial charge on any atom is 1.00 e. The van der Waals surface area contributed by atoms with Crippen LogP contribution in [0.3, 0.4) is 0 Å². The number of hydrogen-bond acceptors (Lipinski definition) is 3. The van der Waals surface area contributed by atoms with Crippen molar-refractivity contribution in [3.05, 3.63) is 12.2 Å². The molecule has 0 aliphatic rings. The molecule has 3 nitrogen and oxygen atoms in total. The molecule has 0 saturated heterocycles. The standard InChI is InChI=1S/C5H10O3S.K/c1-5(2)3-4-9(6,7)8;/h1,3-4H2,2H3,(H,6,7,8);/q;+1/p-1. The van der Waals surface area contributed by atoms with E-state index >= 15 is 0 Å². The van der Waals surface area contributed by atoms with Gasteiger partial charge in [-0.2, -0.15) is 0 Å². The first-order valence-corrected chi connectivity index (χ1v) is 4.07. The first kappa shape index (κ1) is 13.8. The summed E-state index contributed by atoms with van der Waals surface area (Å²) < 4.78 is 29.8. The first-order valence-electron chi connectivity index (χ1n) is 2.50. The van der Waals surface area contributed by atoms with Gasteiger partial charge in [-0.05, 0) is 13.3 Å². The zero-order chi connectivity index (χ0) is 7.49. The number of rotatable bonds is 3. The minimum absolute atomic E-state index is 0. The van der Waals surface area contributed by atoms with E-state index in [-0.39, 0.29) is 63.6 Å². The molecule has 0 bridgehead atoms. The molecular formula is C5H9KO3S. The van der Waals surface area contributed by atoms with Crippen LogP contribution in [0.15, 0.2) is 12.2 Å². The Balaban J connectivity index is 0. The molecule has 0 amide bonds. The fourth-order valence-electron chi connectivity index (χ4n) is 0.299. The summed E-state index contributed by atoms with van der Waals surface area (Å²) in [5.41, 5.74) is 0.717. The Morgan fingerprint density at radius 3 is 2.10 bits per heavy atom. The quantitative estimate of drug-likeness (QED) is 0.279. The Bertz CT molecular complexity index is 195. The predicted molar refractivity (Wildman–Crippen MR) is 34.0 cm³/mol. The third-order valence-electron chi connectivity index (χ3n) is 0.779. The Labute approximate surface area is 104 Å². The van der Waals surface area contributed by atoms with E-state index in [0.717, 1.165) is 5.57 Å². The van der Waals surface area contributed by atoms with Crippen LogP contribution < -0.4 is 51.4 Å². The van der Waals surface area contributed by atoms with Gasteiger partial charge in [0.15, 0.2) is 0 Å². The molecule has 10 heavy (non-hydrogen) atoms. The van der Waals surface area contributed by atoms with Gasteiger partial charge in [-0.1, -0.05) is 5.57 Å². The van der Waals surface area contributed by atoms with Crippen molar-refractivity contribution in [3.8, 4) is 0 Å². The molecule has 0 heterocycles. The topological polar surface area (TPSA) is 57.2 Å². The maximum atomic E-state index is 9.94. The van der Waals surface area contributed by atoms with Gasteiger partial charge in [0.2, 0.25) is 0 Å². The zero-order valence-corrected chi connectivity index (χ0v) is 10.2. The molecule has 0 aromatic rings. The van der Waals surface area contributed by atoms with Crippen LogP contribution in [0.2, 0.25) is 0 Å². The van der Waals surface area contributed by atoms with Crippen LogP contribution in [-0.2, 0) is 10.1 Å². The second kappa shape index (κ2) is 5.88. The van der Waals surface area contributed by atoms with Crippen molar-refractivity contribution in [2.75, 3.05) is 5.75 Å². The molecule has 0 aromatic heterocycles. The van der Waals surface area contributed by atoms with Crippen LogP contribution in [0, 0.1) is 0 Å². The molecule has 54 valence electrons. The summed E-state index contributed by atoms with van der Waals surface area (Å²) in [6.07, 6.45) is 0.270. The van der Waals surface area contributed by atoms with Gasteiger partial charge in [0.1, 0.15) is 0 Å². The van der Waals surface area contributed by atoms with Crippen LogP contribution in [0.5, 0.6) is 0 Å². The summed E-state index contributed by atoms with van der Waals surface area (Å²) >= 11 is 0. The van der Waals surface area contributed by atoms with E-state index in [0.29, 0.717) is 0 Å². The largest absolute Gasteiger partial charge is 1.00 e. The van der Waals surface area contributed by atoms with Gasteiger partial charge in [0, 0.05) is 5.75 Å². The SMILES string of the molecule is C=C(C)CCS(=O)(=O)[O-].[K+]. The first-order chi connectivity index (χ1) is 3.92. The third kappa shape index (κ3) is 12.0. The van der Waals surface area contributed by atoms with Gasteiger partial charge in [0.25, 0.3) is 0 Å². The van der Waals surface area contributed by atoms with Crippen molar-refractivity contribution in [1.29, 1.82) is 0 Å². The summed E-state index contributed by atoms with van der Waals surface area (Å²) in [5.74, 6) is -0.331. The normalized spacial score (nSPS) is 10.2. The average Bonchev–Trinajstić information content (AvgIpc) is 1.59. The van der Waals surface area contributed by atoms with Crippen molar-refractivity contribution in [3.63, 3.8) is 0 Å². The molecule has 0 aliphatic heterocycles. The van der Waals surface area contributed by atoms with Gasteiger partial charge < -0.3 is 4.55 Å². The van der Waals surface area contributed by atoms with E-state index in [1.54, 1.807) is 6.92 Å². The summed E-state index contributed by atoms with van der Waals surface area (Å²) in [7, 11) is -4.03. The summed E-state index contributed by atoms with van der Waals surface area (Å²) in [6.45, 7) is 5.14. The second-order valence-corrected chi connectivity index (χ2v) is 3.49. The molecule has 0 fully saturated rings. The Hall–Kier alpha value is 1.29. The smallest absolute Gasteiger partial charge is 0.748 e. The maximum absolute atomic E-state index is 9.94. The molecule has 0 spiro atoms. The molecule has 0 aromatic carbocycles. The Morgan fingerprint density at radius 1 is 1.60 bits per heavy atom. The zero-order valence-electron chi connectivity index (χ0n) is 6.25. The van der Waals surface area contributed by atoms with Crippen LogP contribution in [0.4, 0.5) is 0 Å². The van der Waals surface area contributed by atoms with E-state index in [4.69, 9.17) is 0 Å². The molecule has 0 saturated carbocycles. The number of hydrogen-bond donors (Lipinski definition) is 0. The van der Waals surface area contributed by atoms with E-state index in [1.165, 1.54) is 0 Å². The molecule has 0 aliphatic carbocycles. The molecule has 0 unspecified atom stereocenters. The van der Waals surface area contributed by atoms with E-state index in [1.807, 2.05) is 0 Å². The fourth-order valence-corrected chi connectivity index (χ4v) is 0.898. The minimum Gasteiger partial charge on any atom is -0.748 e. The molecule has 0 radical (unpaired) electrons.